The van der Waals surface area contributed by atoms with E-state index in [1.54, 1.807) is 50.4 Å². The highest BCUT2D eigenvalue weighted by Gasteiger charge is 2.39. The molecule has 9 nitrogen and oxygen atoms in total. The molecule has 11 heteroatoms. The van der Waals surface area contributed by atoms with E-state index in [9.17, 15) is 21.9 Å². The van der Waals surface area contributed by atoms with Gasteiger partial charge in [-0.05, 0) is 49.7 Å². The molecular formula is C29H36N2O7S2. The zero-order valence-electron chi connectivity index (χ0n) is 23.3. The molecule has 0 aromatic heterocycles. The Hall–Kier alpha value is -2.96. The Morgan fingerprint density at radius 1 is 1.12 bits per heavy atom. The molecule has 3 aromatic rings. The van der Waals surface area contributed by atoms with Crippen molar-refractivity contribution in [3.8, 4) is 22.6 Å². The minimum absolute atomic E-state index is 0.0168. The summed E-state index contributed by atoms with van der Waals surface area (Å²) in [5, 5.41) is 9.89. The van der Waals surface area contributed by atoms with Crippen LogP contribution in [0.15, 0.2) is 76.5 Å². The second kappa shape index (κ2) is 11.9. The van der Waals surface area contributed by atoms with Gasteiger partial charge in [0.1, 0.15) is 22.5 Å². The van der Waals surface area contributed by atoms with Gasteiger partial charge in [-0.25, -0.2) is 16.8 Å². The zero-order chi connectivity index (χ0) is 29.2. The van der Waals surface area contributed by atoms with Crippen LogP contribution in [0.3, 0.4) is 0 Å². The standard InChI is InChI=1S/C29H36N2O7S2/c1-20-10-13-24(14-11-20)39(33,34)30(4)18-28-21(2)17-31(22(3)19-32)40(35,36)29-15-12-23(16-27(29)38-28)25-8-6-7-9-26(25)37-5/h6-16,21-22,28,32H,17-19H2,1-5H3/t21-,22-,28-/m0/s1. The van der Waals surface area contributed by atoms with Gasteiger partial charge in [-0.3, -0.25) is 0 Å². The average molecular weight is 589 g/mol. The summed E-state index contributed by atoms with van der Waals surface area (Å²) >= 11 is 0. The van der Waals surface area contributed by atoms with Gasteiger partial charge in [-0.15, -0.1) is 0 Å². The van der Waals surface area contributed by atoms with Crippen LogP contribution < -0.4 is 9.47 Å². The first-order chi connectivity index (χ1) is 18.9. The number of rotatable bonds is 8. The van der Waals surface area contributed by atoms with Crippen molar-refractivity contribution in [3.05, 3.63) is 72.3 Å². The highest BCUT2D eigenvalue weighted by molar-refractivity contribution is 7.89. The summed E-state index contributed by atoms with van der Waals surface area (Å²) in [6.45, 7) is 5.00. The number of fused-ring (bicyclic) bond motifs is 1. The number of nitrogens with zero attached hydrogens (tertiary/aromatic N) is 2. The quantitative estimate of drug-likeness (QED) is 0.426. The molecule has 0 radical (unpaired) electrons. The molecule has 40 heavy (non-hydrogen) atoms. The van der Waals surface area contributed by atoms with Crippen LogP contribution in [0.25, 0.3) is 11.1 Å². The summed E-state index contributed by atoms with van der Waals surface area (Å²) in [5.41, 5.74) is 2.38. The van der Waals surface area contributed by atoms with E-state index in [2.05, 4.69) is 0 Å². The Kier molecular flexibility index (Phi) is 8.91. The number of likely N-dealkylation sites (N-methyl/N-ethyl adjacent to an activating group) is 1. The van der Waals surface area contributed by atoms with Crippen molar-refractivity contribution in [1.82, 2.24) is 8.61 Å². The average Bonchev–Trinajstić information content (AvgIpc) is 2.94. The minimum atomic E-state index is -4.04. The summed E-state index contributed by atoms with van der Waals surface area (Å²) < 4.78 is 68.7. The lowest BCUT2D eigenvalue weighted by molar-refractivity contribution is 0.0905. The summed E-state index contributed by atoms with van der Waals surface area (Å²) in [4.78, 5) is 0.114. The Balaban J connectivity index is 1.79. The molecule has 0 saturated heterocycles. The van der Waals surface area contributed by atoms with E-state index in [1.165, 1.54) is 21.7 Å². The Morgan fingerprint density at radius 2 is 1.80 bits per heavy atom. The van der Waals surface area contributed by atoms with Gasteiger partial charge in [0.05, 0.1) is 25.2 Å². The van der Waals surface area contributed by atoms with E-state index in [-0.39, 0.29) is 35.2 Å². The smallest absolute Gasteiger partial charge is 0.247 e. The van der Waals surface area contributed by atoms with Gasteiger partial charge in [0, 0.05) is 31.1 Å². The molecule has 3 aromatic carbocycles. The minimum Gasteiger partial charge on any atom is -0.496 e. The van der Waals surface area contributed by atoms with Crippen LogP contribution in [0.4, 0.5) is 0 Å². The molecule has 0 spiro atoms. The zero-order valence-corrected chi connectivity index (χ0v) is 24.9. The van der Waals surface area contributed by atoms with E-state index in [0.29, 0.717) is 11.3 Å². The van der Waals surface area contributed by atoms with Crippen LogP contribution in [0, 0.1) is 12.8 Å². The summed E-state index contributed by atoms with van der Waals surface area (Å²) in [5.74, 6) is 0.305. The van der Waals surface area contributed by atoms with E-state index in [4.69, 9.17) is 9.47 Å². The molecule has 0 fully saturated rings. The van der Waals surface area contributed by atoms with Gasteiger partial charge < -0.3 is 14.6 Å². The van der Waals surface area contributed by atoms with Crippen LogP contribution in [0.5, 0.6) is 11.5 Å². The molecule has 3 atom stereocenters. The van der Waals surface area contributed by atoms with E-state index in [1.807, 2.05) is 38.1 Å². The molecule has 0 saturated carbocycles. The molecule has 1 aliphatic heterocycles. The van der Waals surface area contributed by atoms with Crippen molar-refractivity contribution in [3.63, 3.8) is 0 Å². The Bertz CT molecular complexity index is 1560. The summed E-state index contributed by atoms with van der Waals surface area (Å²) in [6.07, 6.45) is -0.694. The number of aryl methyl sites for hydroxylation is 1. The highest BCUT2D eigenvalue weighted by atomic mass is 32.2. The van der Waals surface area contributed by atoms with Crippen LogP contribution in [0.1, 0.15) is 19.4 Å². The van der Waals surface area contributed by atoms with Gasteiger partial charge in [0.2, 0.25) is 20.0 Å². The van der Waals surface area contributed by atoms with Gasteiger partial charge >= 0.3 is 0 Å². The first kappa shape index (κ1) is 30.0. The van der Waals surface area contributed by atoms with E-state index in [0.717, 1.165) is 11.1 Å². The largest absolute Gasteiger partial charge is 0.496 e. The molecule has 1 aliphatic rings. The maximum atomic E-state index is 13.8. The maximum absolute atomic E-state index is 13.8. The lowest BCUT2D eigenvalue weighted by Crippen LogP contribution is -2.50. The third-order valence-corrected chi connectivity index (χ3v) is 11.1. The van der Waals surface area contributed by atoms with Gasteiger partial charge in [0.15, 0.2) is 0 Å². The topological polar surface area (TPSA) is 113 Å². The van der Waals surface area contributed by atoms with Gasteiger partial charge in [-0.2, -0.15) is 8.61 Å². The molecule has 1 N–H and O–H groups in total. The number of ether oxygens (including phenoxy) is 2. The van der Waals surface area contributed by atoms with Crippen LogP contribution >= 0.6 is 0 Å². The lowest BCUT2D eigenvalue weighted by Gasteiger charge is -2.37. The predicted octanol–water partition coefficient (Wildman–Crippen LogP) is 3.76. The van der Waals surface area contributed by atoms with Gasteiger partial charge in [-0.1, -0.05) is 48.9 Å². The van der Waals surface area contributed by atoms with Crippen molar-refractivity contribution in [1.29, 1.82) is 0 Å². The van der Waals surface area contributed by atoms with Crippen LogP contribution in [-0.2, 0) is 20.0 Å². The second-order valence-electron chi connectivity index (χ2n) is 10.2. The van der Waals surface area contributed by atoms with E-state index < -0.39 is 38.1 Å². The normalized spacial score (nSPS) is 20.2. The number of aliphatic hydroxyl groups is 1. The fourth-order valence-electron chi connectivity index (χ4n) is 4.74. The molecule has 1 heterocycles. The molecule has 0 unspecified atom stereocenters. The molecule has 0 aliphatic carbocycles. The number of para-hydroxylation sites is 1. The van der Waals surface area contributed by atoms with Crippen molar-refractivity contribution in [2.45, 2.75) is 42.7 Å². The third-order valence-electron chi connectivity index (χ3n) is 7.25. The first-order valence-electron chi connectivity index (χ1n) is 13.0. The molecular weight excluding hydrogens is 552 g/mol. The lowest BCUT2D eigenvalue weighted by atomic mass is 10.0. The number of hydrogen-bond acceptors (Lipinski definition) is 7. The molecule has 0 amide bonds. The Labute approximate surface area is 237 Å². The SMILES string of the molecule is COc1ccccc1-c1ccc2c(c1)O[C@@H](CN(C)S(=O)(=O)c1ccc(C)cc1)[C@@H](C)CN([C@@H](C)CO)S2(=O)=O. The number of methoxy groups -OCH3 is 1. The monoisotopic (exact) mass is 588 g/mol. The number of hydrogen-bond donors (Lipinski definition) is 1. The van der Waals surface area contributed by atoms with Gasteiger partial charge in [0.25, 0.3) is 0 Å². The van der Waals surface area contributed by atoms with Crippen molar-refractivity contribution >= 4 is 20.0 Å². The first-order valence-corrected chi connectivity index (χ1v) is 15.9. The van der Waals surface area contributed by atoms with Crippen LogP contribution in [0.2, 0.25) is 0 Å². The fourth-order valence-corrected chi connectivity index (χ4v) is 7.74. The van der Waals surface area contributed by atoms with Crippen molar-refractivity contribution in [2.75, 3.05) is 33.9 Å². The number of sulfonamides is 2. The molecule has 4 rings (SSSR count). The van der Waals surface area contributed by atoms with Crippen molar-refractivity contribution in [2.24, 2.45) is 5.92 Å². The third kappa shape index (κ3) is 5.89. The van der Waals surface area contributed by atoms with Crippen LogP contribution in [-0.4, -0.2) is 76.6 Å². The second-order valence-corrected chi connectivity index (χ2v) is 14.1. The number of benzene rings is 3. The highest BCUT2D eigenvalue weighted by Crippen LogP contribution is 2.39. The molecule has 0 bridgehead atoms. The van der Waals surface area contributed by atoms with Crippen molar-refractivity contribution < 1.29 is 31.4 Å². The van der Waals surface area contributed by atoms with E-state index >= 15 is 0 Å². The summed E-state index contributed by atoms with van der Waals surface area (Å²) in [6, 6.07) is 18.1. The fraction of sp³-hybridized carbons (Fsp3) is 0.379. The number of aliphatic hydroxyl groups excluding tert-OH is 1. The Morgan fingerprint density at radius 3 is 2.45 bits per heavy atom. The maximum Gasteiger partial charge on any atom is 0.247 e. The summed E-state index contributed by atoms with van der Waals surface area (Å²) in [7, 11) is -4.83. The molecule has 216 valence electrons. The predicted molar refractivity (Wildman–Crippen MR) is 153 cm³/mol.